The van der Waals surface area contributed by atoms with Crippen molar-refractivity contribution < 1.29 is 14.6 Å². The smallest absolute Gasteiger partial charge is 0.170 e. The minimum Gasteiger partial charge on any atom is -0.507 e. The Kier molecular flexibility index (Phi) is 6.92. The van der Waals surface area contributed by atoms with Crippen LogP contribution in [-0.4, -0.2) is 18.0 Å². The van der Waals surface area contributed by atoms with Crippen LogP contribution in [-0.2, 0) is 0 Å². The third kappa shape index (κ3) is 5.17. The number of allylic oxidation sites excluding steroid dienone is 4. The highest BCUT2D eigenvalue weighted by Crippen LogP contribution is 2.41. The zero-order chi connectivity index (χ0) is 20.8. The average Bonchev–Trinajstić information content (AvgIpc) is 2.73. The van der Waals surface area contributed by atoms with Gasteiger partial charge in [-0.3, -0.25) is 4.79 Å². The van der Waals surface area contributed by atoms with E-state index in [1.807, 2.05) is 18.2 Å². The lowest BCUT2D eigenvalue weighted by Gasteiger charge is -2.31. The second-order valence-corrected chi connectivity index (χ2v) is 7.99. The van der Waals surface area contributed by atoms with Gasteiger partial charge in [0.25, 0.3) is 0 Å². The molecule has 1 N–H and O–H groups in total. The largest absolute Gasteiger partial charge is 0.507 e. The minimum atomic E-state index is -0.177. The highest BCUT2D eigenvalue weighted by molar-refractivity contribution is 6.01. The lowest BCUT2D eigenvalue weighted by atomic mass is 9.72. The van der Waals surface area contributed by atoms with E-state index in [0.29, 0.717) is 17.7 Å². The summed E-state index contributed by atoms with van der Waals surface area (Å²) in [4.78, 5) is 13.4. The highest BCUT2D eigenvalue weighted by atomic mass is 16.5. The Hall–Kier alpha value is -2.81. The Morgan fingerprint density at radius 3 is 2.59 bits per heavy atom. The number of Topliss-reactive ketones (excluding diaryl/α,β-unsaturated/α-hetero) is 1. The molecule has 1 aliphatic carbocycles. The summed E-state index contributed by atoms with van der Waals surface area (Å²) in [5.74, 6) is 0.475. The number of hydrogen-bond donors (Lipinski definition) is 1. The maximum absolute atomic E-state index is 13.4. The first kappa shape index (κ1) is 20.9. The zero-order valence-corrected chi connectivity index (χ0v) is 17.5. The monoisotopic (exact) mass is 390 g/mol. The Balaban J connectivity index is 1.88. The quantitative estimate of drug-likeness (QED) is 0.436. The lowest BCUT2D eigenvalue weighted by Crippen LogP contribution is -2.25. The van der Waals surface area contributed by atoms with Gasteiger partial charge in [0, 0.05) is 12.0 Å². The van der Waals surface area contributed by atoms with E-state index in [4.69, 9.17) is 4.74 Å². The van der Waals surface area contributed by atoms with Crippen LogP contribution in [0.15, 0.2) is 71.8 Å². The van der Waals surface area contributed by atoms with Crippen molar-refractivity contribution in [2.45, 2.75) is 45.4 Å². The number of methoxy groups -OCH3 is 1. The van der Waals surface area contributed by atoms with Gasteiger partial charge in [-0.15, -0.1) is 0 Å². The van der Waals surface area contributed by atoms with Crippen molar-refractivity contribution in [1.82, 2.24) is 0 Å². The predicted molar refractivity (Wildman–Crippen MR) is 118 cm³/mol. The molecule has 0 unspecified atom stereocenters. The third-order valence-electron chi connectivity index (χ3n) is 5.68. The van der Waals surface area contributed by atoms with Crippen molar-refractivity contribution in [1.29, 1.82) is 0 Å². The summed E-state index contributed by atoms with van der Waals surface area (Å²) in [5.41, 5.74) is 4.31. The molecule has 2 aromatic rings. The summed E-state index contributed by atoms with van der Waals surface area (Å²) < 4.78 is 5.15. The number of rotatable bonds is 7. The van der Waals surface area contributed by atoms with Crippen molar-refractivity contribution in [2.75, 3.05) is 7.11 Å². The van der Waals surface area contributed by atoms with Crippen LogP contribution in [0.4, 0.5) is 0 Å². The van der Waals surface area contributed by atoms with E-state index in [1.54, 1.807) is 19.2 Å². The molecule has 0 bridgehead atoms. The summed E-state index contributed by atoms with van der Waals surface area (Å²) in [6.07, 6.45) is 8.16. The van der Waals surface area contributed by atoms with Gasteiger partial charge >= 0.3 is 0 Å². The fourth-order valence-corrected chi connectivity index (χ4v) is 4.10. The molecule has 0 saturated carbocycles. The molecule has 0 fully saturated rings. The molecule has 0 saturated heterocycles. The number of phenolic OH excluding ortho intramolecular Hbond substituents is 1. The third-order valence-corrected chi connectivity index (χ3v) is 5.68. The Labute approximate surface area is 173 Å². The first-order valence-corrected chi connectivity index (χ1v) is 10.3. The van der Waals surface area contributed by atoms with E-state index in [9.17, 15) is 9.90 Å². The topological polar surface area (TPSA) is 46.5 Å². The molecule has 3 rings (SSSR count). The molecule has 3 nitrogen and oxygen atoms in total. The summed E-state index contributed by atoms with van der Waals surface area (Å²) in [6, 6.07) is 15.2. The number of ether oxygens (including phenoxy) is 1. The number of ketones is 1. The van der Waals surface area contributed by atoms with E-state index >= 15 is 0 Å². The molecule has 2 atom stereocenters. The number of aromatic hydroxyl groups is 1. The fraction of sp³-hybridized carbons (Fsp3) is 0.346. The van der Waals surface area contributed by atoms with Gasteiger partial charge in [0.2, 0.25) is 0 Å². The standard InChI is InChI=1S/C26H30O3/c1-18(2)8-7-9-19-12-14-22(24(16-19)20-10-5-4-6-11-20)26(28)23-15-13-21(29-3)17-25(23)27/h4-6,8,10-13,15,17,22,24,27H,7,9,14,16H2,1-3H3/t22-,24+/m1/s1. The van der Waals surface area contributed by atoms with Crippen molar-refractivity contribution in [3.8, 4) is 11.5 Å². The molecular formula is C26H30O3. The minimum absolute atomic E-state index is 0.00129. The van der Waals surface area contributed by atoms with Crippen LogP contribution in [0.1, 0.15) is 61.4 Å². The van der Waals surface area contributed by atoms with Gasteiger partial charge in [-0.1, -0.05) is 53.6 Å². The summed E-state index contributed by atoms with van der Waals surface area (Å²) in [7, 11) is 1.55. The normalized spacial score (nSPS) is 18.7. The molecular weight excluding hydrogens is 360 g/mol. The number of carbonyl (C=O) groups excluding carboxylic acids is 1. The molecule has 152 valence electrons. The maximum Gasteiger partial charge on any atom is 0.170 e. The number of phenols is 1. The van der Waals surface area contributed by atoms with E-state index in [2.05, 4.69) is 38.1 Å². The van der Waals surface area contributed by atoms with E-state index < -0.39 is 0 Å². The van der Waals surface area contributed by atoms with Crippen molar-refractivity contribution in [2.24, 2.45) is 5.92 Å². The molecule has 3 heteroatoms. The second-order valence-electron chi connectivity index (χ2n) is 7.99. The molecule has 1 aliphatic rings. The Bertz CT molecular complexity index is 905. The summed E-state index contributed by atoms with van der Waals surface area (Å²) in [5, 5.41) is 10.4. The number of benzene rings is 2. The molecule has 0 radical (unpaired) electrons. The van der Waals surface area contributed by atoms with Gasteiger partial charge < -0.3 is 9.84 Å². The first-order chi connectivity index (χ1) is 14.0. The van der Waals surface area contributed by atoms with Gasteiger partial charge in [-0.25, -0.2) is 0 Å². The van der Waals surface area contributed by atoms with E-state index in [0.717, 1.165) is 19.3 Å². The van der Waals surface area contributed by atoms with Crippen LogP contribution < -0.4 is 4.74 Å². The first-order valence-electron chi connectivity index (χ1n) is 10.3. The molecule has 2 aromatic carbocycles. The van der Waals surface area contributed by atoms with Gasteiger partial charge in [0.15, 0.2) is 5.78 Å². The van der Waals surface area contributed by atoms with Crippen LogP contribution in [0.3, 0.4) is 0 Å². The number of carbonyl (C=O) groups is 1. The maximum atomic E-state index is 13.4. The van der Waals surface area contributed by atoms with Gasteiger partial charge in [-0.2, -0.15) is 0 Å². The SMILES string of the molecule is COc1ccc(C(=O)[C@@H]2CC=C(CCC=C(C)C)C[C@H]2c2ccccc2)c(O)c1. The van der Waals surface area contributed by atoms with Crippen LogP contribution in [0.25, 0.3) is 0 Å². The van der Waals surface area contributed by atoms with Crippen LogP contribution in [0.2, 0.25) is 0 Å². The van der Waals surface area contributed by atoms with Crippen LogP contribution in [0.5, 0.6) is 11.5 Å². The zero-order valence-electron chi connectivity index (χ0n) is 17.5. The Morgan fingerprint density at radius 2 is 1.93 bits per heavy atom. The Morgan fingerprint density at radius 1 is 1.17 bits per heavy atom. The predicted octanol–water partition coefficient (Wildman–Crippen LogP) is 6.45. The van der Waals surface area contributed by atoms with Gasteiger partial charge in [0.05, 0.1) is 12.7 Å². The van der Waals surface area contributed by atoms with E-state index in [-0.39, 0.29) is 23.4 Å². The molecule has 0 heterocycles. The molecule has 0 spiro atoms. The van der Waals surface area contributed by atoms with Crippen LogP contribution >= 0.6 is 0 Å². The summed E-state index contributed by atoms with van der Waals surface area (Å²) >= 11 is 0. The highest BCUT2D eigenvalue weighted by Gasteiger charge is 2.33. The molecule has 29 heavy (non-hydrogen) atoms. The average molecular weight is 391 g/mol. The second kappa shape index (κ2) is 9.60. The van der Waals surface area contributed by atoms with Crippen molar-refractivity contribution >= 4 is 5.78 Å². The van der Waals surface area contributed by atoms with Gasteiger partial charge in [0.1, 0.15) is 11.5 Å². The van der Waals surface area contributed by atoms with Crippen LogP contribution in [0, 0.1) is 5.92 Å². The number of hydrogen-bond acceptors (Lipinski definition) is 3. The fourth-order valence-electron chi connectivity index (χ4n) is 4.10. The van der Waals surface area contributed by atoms with Gasteiger partial charge in [-0.05, 0) is 63.1 Å². The lowest BCUT2D eigenvalue weighted by molar-refractivity contribution is 0.0892. The van der Waals surface area contributed by atoms with E-state index in [1.165, 1.54) is 22.8 Å². The van der Waals surface area contributed by atoms with Crippen molar-refractivity contribution in [3.05, 3.63) is 83.0 Å². The summed E-state index contributed by atoms with van der Waals surface area (Å²) in [6.45, 7) is 4.25. The molecule has 0 amide bonds. The molecule has 0 aromatic heterocycles. The van der Waals surface area contributed by atoms with Crippen molar-refractivity contribution in [3.63, 3.8) is 0 Å². The molecule has 0 aliphatic heterocycles.